The number of halogens is 4. The Bertz CT molecular complexity index is 815. The van der Waals surface area contributed by atoms with Crippen LogP contribution >= 0.6 is 24.0 Å². The van der Waals surface area contributed by atoms with Crippen molar-refractivity contribution < 1.29 is 18.3 Å². The van der Waals surface area contributed by atoms with Gasteiger partial charge in [0.15, 0.2) is 0 Å². The second kappa shape index (κ2) is 9.30. The molecule has 2 aromatic rings. The minimum atomic E-state index is -0.662. The molecule has 1 amide bonds. The quantitative estimate of drug-likeness (QED) is 0.780. The lowest BCUT2D eigenvalue weighted by Gasteiger charge is -2.27. The van der Waals surface area contributed by atoms with Crippen molar-refractivity contribution in [2.45, 2.75) is 37.8 Å². The Morgan fingerprint density at radius 2 is 1.93 bits per heavy atom. The van der Waals surface area contributed by atoms with Crippen molar-refractivity contribution in [1.82, 2.24) is 10.3 Å². The number of carbonyl (C=O) groups excluding carboxylic acids is 1. The van der Waals surface area contributed by atoms with Gasteiger partial charge in [0.25, 0.3) is 5.91 Å². The number of hydrogen-bond donors (Lipinski definition) is 2. The lowest BCUT2D eigenvalue weighted by atomic mass is 9.91. The molecule has 1 heterocycles. The minimum Gasteiger partial charge on any atom is -0.438 e. The molecule has 1 saturated carbocycles. The van der Waals surface area contributed by atoms with Crippen LogP contribution in [-0.2, 0) is 0 Å². The van der Waals surface area contributed by atoms with Crippen molar-refractivity contribution in [3.8, 4) is 11.6 Å². The first-order valence-electron chi connectivity index (χ1n) is 8.27. The Hall–Kier alpha value is -1.96. The van der Waals surface area contributed by atoms with E-state index in [1.807, 2.05) is 0 Å². The Labute approximate surface area is 166 Å². The maximum atomic E-state index is 13.6. The molecule has 3 N–H and O–H groups in total. The molecule has 0 aliphatic heterocycles. The Morgan fingerprint density at radius 1 is 1.22 bits per heavy atom. The maximum Gasteiger partial charge on any atom is 0.257 e. The molecular weight excluding hydrogens is 399 g/mol. The van der Waals surface area contributed by atoms with E-state index in [0.717, 1.165) is 44.0 Å². The molecule has 27 heavy (non-hydrogen) atoms. The molecule has 1 aliphatic rings. The lowest BCUT2D eigenvalue weighted by Crippen LogP contribution is -2.40. The van der Waals surface area contributed by atoms with Gasteiger partial charge in [-0.15, -0.1) is 12.4 Å². The van der Waals surface area contributed by atoms with Crippen LogP contribution in [0.15, 0.2) is 30.5 Å². The number of pyridine rings is 1. The van der Waals surface area contributed by atoms with Gasteiger partial charge >= 0.3 is 0 Å². The van der Waals surface area contributed by atoms with Crippen molar-refractivity contribution in [3.63, 3.8) is 0 Å². The molecule has 1 fully saturated rings. The van der Waals surface area contributed by atoms with E-state index >= 15 is 0 Å². The number of rotatable bonds is 4. The van der Waals surface area contributed by atoms with Crippen LogP contribution in [0.5, 0.6) is 11.6 Å². The Kier molecular flexibility index (Phi) is 7.35. The van der Waals surface area contributed by atoms with Gasteiger partial charge in [-0.1, -0.05) is 11.6 Å². The van der Waals surface area contributed by atoms with Crippen molar-refractivity contribution in [2.75, 3.05) is 0 Å². The van der Waals surface area contributed by atoms with E-state index in [1.165, 1.54) is 12.1 Å². The van der Waals surface area contributed by atoms with E-state index in [-0.39, 0.29) is 46.7 Å². The van der Waals surface area contributed by atoms with Gasteiger partial charge in [0.2, 0.25) is 5.88 Å². The lowest BCUT2D eigenvalue weighted by molar-refractivity contribution is 0.0922. The van der Waals surface area contributed by atoms with Crippen molar-refractivity contribution in [2.24, 2.45) is 5.73 Å². The summed E-state index contributed by atoms with van der Waals surface area (Å²) in [7, 11) is 0. The van der Waals surface area contributed by atoms with Crippen LogP contribution in [0, 0.1) is 11.6 Å². The predicted octanol–water partition coefficient (Wildman–Crippen LogP) is 4.23. The van der Waals surface area contributed by atoms with Gasteiger partial charge in [0.1, 0.15) is 22.9 Å². The van der Waals surface area contributed by atoms with Crippen molar-refractivity contribution in [3.05, 3.63) is 52.7 Å². The third-order valence-electron chi connectivity index (χ3n) is 4.28. The number of amides is 1. The number of carbonyl (C=O) groups is 1. The van der Waals surface area contributed by atoms with Gasteiger partial charge in [-0.05, 0) is 43.9 Å². The number of hydrogen-bond acceptors (Lipinski definition) is 4. The summed E-state index contributed by atoms with van der Waals surface area (Å²) in [6.45, 7) is 0. The number of nitrogens with zero attached hydrogens (tertiary/aromatic N) is 1. The Morgan fingerprint density at radius 3 is 2.59 bits per heavy atom. The van der Waals surface area contributed by atoms with Gasteiger partial charge in [-0.25, -0.2) is 13.8 Å². The summed E-state index contributed by atoms with van der Waals surface area (Å²) in [5, 5.41) is 2.73. The second-order valence-corrected chi connectivity index (χ2v) is 6.68. The molecule has 1 aromatic heterocycles. The molecule has 0 saturated heterocycles. The van der Waals surface area contributed by atoms with Crippen LogP contribution in [0.1, 0.15) is 36.0 Å². The third-order valence-corrected chi connectivity index (χ3v) is 4.56. The van der Waals surface area contributed by atoms with Crippen molar-refractivity contribution in [1.29, 1.82) is 0 Å². The van der Waals surface area contributed by atoms with E-state index < -0.39 is 17.5 Å². The molecule has 5 nitrogen and oxygen atoms in total. The first-order valence-corrected chi connectivity index (χ1v) is 8.65. The topological polar surface area (TPSA) is 77.2 Å². The van der Waals surface area contributed by atoms with Crippen LogP contribution in [0.3, 0.4) is 0 Å². The number of nitrogens with one attached hydrogen (secondary N) is 1. The highest BCUT2D eigenvalue weighted by atomic mass is 35.5. The molecule has 0 radical (unpaired) electrons. The molecule has 9 heteroatoms. The molecule has 0 unspecified atom stereocenters. The first-order chi connectivity index (χ1) is 12.4. The summed E-state index contributed by atoms with van der Waals surface area (Å²) >= 11 is 5.72. The summed E-state index contributed by atoms with van der Waals surface area (Å²) in [6, 6.07) is 4.91. The number of aromatic nitrogens is 1. The molecular formula is C18H19Cl2F2N3O2. The van der Waals surface area contributed by atoms with Crippen LogP contribution in [0.25, 0.3) is 0 Å². The van der Waals surface area contributed by atoms with E-state index in [2.05, 4.69) is 10.3 Å². The minimum absolute atomic E-state index is 0. The highest BCUT2D eigenvalue weighted by Crippen LogP contribution is 2.28. The molecule has 0 bridgehead atoms. The van der Waals surface area contributed by atoms with Gasteiger partial charge in [0, 0.05) is 18.2 Å². The Balaban J connectivity index is 0.00000261. The fraction of sp³-hybridized carbons (Fsp3) is 0.333. The monoisotopic (exact) mass is 417 g/mol. The van der Waals surface area contributed by atoms with Crippen LogP contribution in [0.4, 0.5) is 8.78 Å². The first kappa shape index (κ1) is 21.3. The fourth-order valence-corrected chi connectivity index (χ4v) is 3.02. The zero-order chi connectivity index (χ0) is 18.7. The van der Waals surface area contributed by atoms with Crippen LogP contribution < -0.4 is 15.8 Å². The molecule has 1 aromatic carbocycles. The summed E-state index contributed by atoms with van der Waals surface area (Å²) in [6.07, 6.45) is 4.11. The zero-order valence-corrected chi connectivity index (χ0v) is 15.8. The average Bonchev–Trinajstić information content (AvgIpc) is 2.61. The summed E-state index contributed by atoms with van der Waals surface area (Å²) in [5.41, 5.74) is 5.82. The summed E-state index contributed by atoms with van der Waals surface area (Å²) in [4.78, 5) is 16.4. The van der Waals surface area contributed by atoms with Crippen molar-refractivity contribution >= 4 is 29.9 Å². The number of benzene rings is 1. The molecule has 0 spiro atoms. The predicted molar refractivity (Wildman–Crippen MR) is 101 cm³/mol. The SMILES string of the molecule is Cl.NC1CCC(NC(=O)c2cc(F)cnc2Oc2ccc(F)c(Cl)c2)CC1. The largest absolute Gasteiger partial charge is 0.438 e. The molecule has 1 aliphatic carbocycles. The maximum absolute atomic E-state index is 13.6. The molecule has 146 valence electrons. The van der Waals surface area contributed by atoms with Gasteiger partial charge in [-0.2, -0.15) is 0 Å². The second-order valence-electron chi connectivity index (χ2n) is 6.27. The normalized spacial score (nSPS) is 19.1. The smallest absolute Gasteiger partial charge is 0.257 e. The number of ether oxygens (including phenoxy) is 1. The van der Waals surface area contributed by atoms with E-state index in [0.29, 0.717) is 0 Å². The van der Waals surface area contributed by atoms with E-state index in [9.17, 15) is 13.6 Å². The van der Waals surface area contributed by atoms with Crippen LogP contribution in [-0.4, -0.2) is 23.0 Å². The fourth-order valence-electron chi connectivity index (χ4n) is 2.85. The van der Waals surface area contributed by atoms with Gasteiger partial charge in [-0.3, -0.25) is 4.79 Å². The van der Waals surface area contributed by atoms with Gasteiger partial charge < -0.3 is 15.8 Å². The third kappa shape index (κ3) is 5.51. The highest BCUT2D eigenvalue weighted by molar-refractivity contribution is 6.30. The summed E-state index contributed by atoms with van der Waals surface area (Å²) < 4.78 is 32.4. The average molecular weight is 418 g/mol. The highest BCUT2D eigenvalue weighted by Gasteiger charge is 2.23. The van der Waals surface area contributed by atoms with Crippen LogP contribution in [0.2, 0.25) is 5.02 Å². The number of nitrogens with two attached hydrogens (primary N) is 1. The van der Waals surface area contributed by atoms with E-state index in [4.69, 9.17) is 22.1 Å². The zero-order valence-electron chi connectivity index (χ0n) is 14.3. The standard InChI is InChI=1S/C18H18ClF2N3O2.ClH/c19-15-8-13(5-6-16(15)21)26-18-14(7-10(20)9-23-18)17(25)24-12-3-1-11(22)2-4-12;/h5-9,11-12H,1-4,22H2,(H,24,25);1H. The van der Waals surface area contributed by atoms with E-state index in [1.54, 1.807) is 0 Å². The molecule has 0 atom stereocenters. The van der Waals surface area contributed by atoms with Gasteiger partial charge in [0.05, 0.1) is 11.2 Å². The summed E-state index contributed by atoms with van der Waals surface area (Å²) in [5.74, 6) is -1.64. The molecule has 3 rings (SSSR count).